The topological polar surface area (TPSA) is 46.2 Å². The van der Waals surface area contributed by atoms with Crippen LogP contribution in [0.4, 0.5) is 0 Å². The Hall–Kier alpha value is -0.870. The summed E-state index contributed by atoms with van der Waals surface area (Å²) in [6.07, 6.45) is 0. The third-order valence-electron chi connectivity index (χ3n) is 5.40. The Bertz CT molecular complexity index is 617. The van der Waals surface area contributed by atoms with Gasteiger partial charge in [-0.1, -0.05) is 45.9 Å². The predicted molar refractivity (Wildman–Crippen MR) is 75.7 cm³/mol. The van der Waals surface area contributed by atoms with Gasteiger partial charge in [0, 0.05) is 12.1 Å². The summed E-state index contributed by atoms with van der Waals surface area (Å²) < 4.78 is 24.3. The Labute approximate surface area is 115 Å². The van der Waals surface area contributed by atoms with Crippen molar-refractivity contribution in [2.75, 3.05) is 5.75 Å². The van der Waals surface area contributed by atoms with Crippen LogP contribution in [-0.4, -0.2) is 20.2 Å². The van der Waals surface area contributed by atoms with Crippen LogP contribution in [0.3, 0.4) is 0 Å². The average molecular weight is 279 g/mol. The molecule has 1 fully saturated rings. The molecule has 1 aromatic carbocycles. The first-order valence-electron chi connectivity index (χ1n) is 6.76. The zero-order chi connectivity index (χ0) is 14.1. The fraction of sp³-hybridized carbons (Fsp3) is 0.600. The zero-order valence-corrected chi connectivity index (χ0v) is 12.7. The smallest absolute Gasteiger partial charge is 0.180 e. The summed E-state index contributed by atoms with van der Waals surface area (Å²) in [7, 11) is -3.11. The van der Waals surface area contributed by atoms with E-state index in [1.165, 1.54) is 0 Å². The van der Waals surface area contributed by atoms with Crippen molar-refractivity contribution >= 4 is 9.84 Å². The molecule has 1 saturated carbocycles. The predicted octanol–water partition coefficient (Wildman–Crippen LogP) is 2.54. The summed E-state index contributed by atoms with van der Waals surface area (Å²) in [5, 5.41) is 3.57. The standard InChI is InChI=1S/C15H21NO2S/c1-14(2)13(15(14,3)4)16-11-9-19(17,18)12-8-6-5-7-10(11)12/h5-8,11,13,16H,9H2,1-4H3. The molecule has 19 heavy (non-hydrogen) atoms. The first-order chi connectivity index (χ1) is 8.68. The average Bonchev–Trinajstić information content (AvgIpc) is 2.60. The van der Waals surface area contributed by atoms with Gasteiger partial charge in [0.05, 0.1) is 10.6 Å². The molecule has 0 amide bonds. The van der Waals surface area contributed by atoms with Crippen LogP contribution in [0.25, 0.3) is 0 Å². The van der Waals surface area contributed by atoms with E-state index >= 15 is 0 Å². The molecule has 1 aromatic rings. The highest BCUT2D eigenvalue weighted by Crippen LogP contribution is 2.63. The van der Waals surface area contributed by atoms with Gasteiger partial charge in [0.25, 0.3) is 0 Å². The summed E-state index contributed by atoms with van der Waals surface area (Å²) in [5.74, 6) is 0.189. The minimum atomic E-state index is -3.11. The van der Waals surface area contributed by atoms with Gasteiger partial charge >= 0.3 is 0 Å². The van der Waals surface area contributed by atoms with E-state index in [1.807, 2.05) is 12.1 Å². The molecule has 3 rings (SSSR count). The number of fused-ring (bicyclic) bond motifs is 1. The lowest BCUT2D eigenvalue weighted by molar-refractivity contribution is 0.457. The van der Waals surface area contributed by atoms with Crippen molar-refractivity contribution in [3.8, 4) is 0 Å². The SMILES string of the molecule is CC1(C)C(NC2CS(=O)(=O)c3ccccc32)C1(C)C. The van der Waals surface area contributed by atoms with Crippen LogP contribution in [0.5, 0.6) is 0 Å². The Morgan fingerprint density at radius 2 is 1.68 bits per heavy atom. The first kappa shape index (κ1) is 13.1. The van der Waals surface area contributed by atoms with E-state index in [9.17, 15) is 8.42 Å². The number of hydrogen-bond acceptors (Lipinski definition) is 3. The number of sulfone groups is 1. The van der Waals surface area contributed by atoms with Crippen LogP contribution in [0, 0.1) is 10.8 Å². The van der Waals surface area contributed by atoms with Gasteiger partial charge in [-0.2, -0.15) is 0 Å². The number of hydrogen-bond donors (Lipinski definition) is 1. The molecular weight excluding hydrogens is 258 g/mol. The van der Waals surface area contributed by atoms with Crippen LogP contribution in [0.1, 0.15) is 39.3 Å². The third kappa shape index (κ3) is 1.69. The Balaban J connectivity index is 1.90. The van der Waals surface area contributed by atoms with E-state index in [-0.39, 0.29) is 22.6 Å². The van der Waals surface area contributed by atoms with Crippen LogP contribution in [0.2, 0.25) is 0 Å². The van der Waals surface area contributed by atoms with Crippen LogP contribution in [-0.2, 0) is 9.84 Å². The fourth-order valence-corrected chi connectivity index (χ4v) is 5.15. The molecule has 0 saturated heterocycles. The van der Waals surface area contributed by atoms with Gasteiger partial charge in [0.1, 0.15) is 0 Å². The number of benzene rings is 1. The van der Waals surface area contributed by atoms with Gasteiger partial charge in [-0.25, -0.2) is 8.42 Å². The quantitative estimate of drug-likeness (QED) is 0.905. The highest BCUT2D eigenvalue weighted by atomic mass is 32.2. The van der Waals surface area contributed by atoms with E-state index < -0.39 is 9.84 Å². The largest absolute Gasteiger partial charge is 0.305 e. The molecule has 0 bridgehead atoms. The molecule has 3 nitrogen and oxygen atoms in total. The van der Waals surface area contributed by atoms with Gasteiger partial charge in [-0.15, -0.1) is 0 Å². The van der Waals surface area contributed by atoms with Crippen molar-refractivity contribution < 1.29 is 8.42 Å². The molecule has 104 valence electrons. The Kier molecular flexibility index (Phi) is 2.50. The second-order valence-corrected chi connectivity index (χ2v) is 8.92. The molecule has 2 aliphatic rings. The minimum Gasteiger partial charge on any atom is -0.305 e. The molecule has 0 aromatic heterocycles. The Morgan fingerprint density at radius 1 is 1.11 bits per heavy atom. The molecule has 0 spiro atoms. The van der Waals surface area contributed by atoms with Crippen molar-refractivity contribution in [3.05, 3.63) is 29.8 Å². The van der Waals surface area contributed by atoms with Crippen molar-refractivity contribution in [1.29, 1.82) is 0 Å². The maximum atomic E-state index is 12.1. The van der Waals surface area contributed by atoms with E-state index in [2.05, 4.69) is 33.0 Å². The molecule has 1 atom stereocenters. The summed E-state index contributed by atoms with van der Waals surface area (Å²) in [6, 6.07) is 7.66. The van der Waals surface area contributed by atoms with Gasteiger partial charge in [0.15, 0.2) is 9.84 Å². The number of rotatable bonds is 2. The zero-order valence-electron chi connectivity index (χ0n) is 11.9. The molecule has 1 aliphatic heterocycles. The summed E-state index contributed by atoms with van der Waals surface area (Å²) in [4.78, 5) is 0.503. The second-order valence-electron chi connectivity index (χ2n) is 6.91. The van der Waals surface area contributed by atoms with Crippen molar-refractivity contribution in [1.82, 2.24) is 5.32 Å². The molecule has 0 radical (unpaired) electrons. The first-order valence-corrected chi connectivity index (χ1v) is 8.41. The van der Waals surface area contributed by atoms with E-state index in [0.29, 0.717) is 10.9 Å². The normalized spacial score (nSPS) is 30.0. The molecule has 1 N–H and O–H groups in total. The van der Waals surface area contributed by atoms with Gasteiger partial charge < -0.3 is 5.32 Å². The monoisotopic (exact) mass is 279 g/mol. The molecule has 4 heteroatoms. The molecule has 1 unspecified atom stereocenters. The van der Waals surface area contributed by atoms with Gasteiger partial charge in [0.2, 0.25) is 0 Å². The summed E-state index contributed by atoms with van der Waals surface area (Å²) in [6.45, 7) is 8.94. The van der Waals surface area contributed by atoms with Crippen molar-refractivity contribution in [3.63, 3.8) is 0 Å². The van der Waals surface area contributed by atoms with Crippen LogP contribution >= 0.6 is 0 Å². The van der Waals surface area contributed by atoms with Crippen LogP contribution in [0.15, 0.2) is 29.2 Å². The van der Waals surface area contributed by atoms with E-state index in [4.69, 9.17) is 0 Å². The maximum Gasteiger partial charge on any atom is 0.180 e. The summed E-state index contributed by atoms with van der Waals surface area (Å²) in [5.41, 5.74) is 1.36. The molecule has 1 aliphatic carbocycles. The maximum absolute atomic E-state index is 12.1. The van der Waals surface area contributed by atoms with E-state index in [0.717, 1.165) is 5.56 Å². The third-order valence-corrected chi connectivity index (χ3v) is 7.22. The lowest BCUT2D eigenvalue weighted by Gasteiger charge is -2.14. The second kappa shape index (κ2) is 3.61. The van der Waals surface area contributed by atoms with E-state index in [1.54, 1.807) is 12.1 Å². The van der Waals surface area contributed by atoms with Gasteiger partial charge in [-0.05, 0) is 22.5 Å². The highest BCUT2D eigenvalue weighted by Gasteiger charge is 2.65. The minimum absolute atomic E-state index is 0.0627. The molecule has 1 heterocycles. The summed E-state index contributed by atoms with van der Waals surface area (Å²) >= 11 is 0. The highest BCUT2D eigenvalue weighted by molar-refractivity contribution is 7.91. The molecular formula is C15H21NO2S. The Morgan fingerprint density at radius 3 is 2.26 bits per heavy atom. The lowest BCUT2D eigenvalue weighted by Crippen LogP contribution is -2.28. The van der Waals surface area contributed by atoms with Gasteiger partial charge in [-0.3, -0.25) is 0 Å². The fourth-order valence-electron chi connectivity index (χ4n) is 3.40. The number of nitrogens with one attached hydrogen (secondary N) is 1. The van der Waals surface area contributed by atoms with Crippen molar-refractivity contribution in [2.45, 2.75) is 44.7 Å². The van der Waals surface area contributed by atoms with Crippen LogP contribution < -0.4 is 5.32 Å². The lowest BCUT2D eigenvalue weighted by atomic mass is 10.0. The van der Waals surface area contributed by atoms with Crippen molar-refractivity contribution in [2.24, 2.45) is 10.8 Å².